The summed E-state index contributed by atoms with van der Waals surface area (Å²) in [6.45, 7) is 2.49. The second kappa shape index (κ2) is 17.2. The average molecular weight is 493 g/mol. The monoisotopic (exact) mass is 492 g/mol. The highest BCUT2D eigenvalue weighted by atomic mass is 31.2. The smallest absolute Gasteiger partial charge is 0.462 e. The quantitative estimate of drug-likeness (QED) is 0.0823. The first kappa shape index (κ1) is 29.8. The minimum absolute atomic E-state index is 0.241. The van der Waals surface area contributed by atoms with E-state index in [1.165, 1.54) is 19.3 Å². The molecule has 0 bridgehead atoms. The van der Waals surface area contributed by atoms with Gasteiger partial charge in [0, 0.05) is 13.3 Å². The summed E-state index contributed by atoms with van der Waals surface area (Å²) in [6.07, 6.45) is 16.4. The number of epoxide rings is 1. The maximum atomic E-state index is 11.8. The van der Waals surface area contributed by atoms with Crippen molar-refractivity contribution in [1.29, 1.82) is 0 Å². The van der Waals surface area contributed by atoms with E-state index in [1.54, 1.807) is 0 Å². The van der Waals surface area contributed by atoms with Crippen LogP contribution in [0, 0.1) is 0 Å². The molecule has 1 fully saturated rings. The van der Waals surface area contributed by atoms with Gasteiger partial charge in [-0.15, -0.1) is 0 Å². The summed E-state index contributed by atoms with van der Waals surface area (Å²) in [5.74, 6) is -1.10. The summed E-state index contributed by atoms with van der Waals surface area (Å²) in [7, 11) is -4.70. The Morgan fingerprint density at radius 3 is 2.42 bits per heavy atom. The molecule has 0 saturated carbocycles. The van der Waals surface area contributed by atoms with E-state index < -0.39 is 32.5 Å². The molecule has 0 amide bonds. The van der Waals surface area contributed by atoms with Gasteiger partial charge in [-0.05, 0) is 32.1 Å². The van der Waals surface area contributed by atoms with Crippen LogP contribution in [-0.4, -0.2) is 53.3 Å². The van der Waals surface area contributed by atoms with Crippen LogP contribution in [0.2, 0.25) is 0 Å². The van der Waals surface area contributed by atoms with Gasteiger partial charge in [0.15, 0.2) is 6.10 Å². The fraction of sp³-hybridized carbons (Fsp3) is 0.826. The summed E-state index contributed by atoms with van der Waals surface area (Å²) in [5.41, 5.74) is 0. The van der Waals surface area contributed by atoms with Crippen molar-refractivity contribution in [3.05, 3.63) is 12.2 Å². The molecular formula is C23H41O9P. The highest BCUT2D eigenvalue weighted by Crippen LogP contribution is 2.36. The lowest BCUT2D eigenvalue weighted by molar-refractivity contribution is -0.159. The number of ether oxygens (including phenoxy) is 3. The van der Waals surface area contributed by atoms with Crippen molar-refractivity contribution in [2.75, 3.05) is 13.2 Å². The van der Waals surface area contributed by atoms with Crippen LogP contribution < -0.4 is 0 Å². The van der Waals surface area contributed by atoms with Gasteiger partial charge in [0.05, 0.1) is 18.8 Å². The molecule has 10 heteroatoms. The van der Waals surface area contributed by atoms with Crippen LogP contribution in [0.5, 0.6) is 0 Å². The molecule has 1 saturated heterocycles. The Morgan fingerprint density at radius 2 is 1.73 bits per heavy atom. The number of esters is 2. The van der Waals surface area contributed by atoms with Crippen molar-refractivity contribution in [2.24, 2.45) is 0 Å². The fourth-order valence-corrected chi connectivity index (χ4v) is 3.80. The zero-order valence-corrected chi connectivity index (χ0v) is 20.9. The van der Waals surface area contributed by atoms with E-state index in [0.717, 1.165) is 51.9 Å². The topological polar surface area (TPSA) is 132 Å². The highest BCUT2D eigenvalue weighted by molar-refractivity contribution is 7.46. The minimum atomic E-state index is -4.70. The minimum Gasteiger partial charge on any atom is -0.462 e. The predicted molar refractivity (Wildman–Crippen MR) is 123 cm³/mol. The zero-order valence-electron chi connectivity index (χ0n) is 20.0. The lowest BCUT2D eigenvalue weighted by Gasteiger charge is -2.17. The zero-order chi connectivity index (χ0) is 24.5. The lowest BCUT2D eigenvalue weighted by atomic mass is 10.1. The van der Waals surface area contributed by atoms with Gasteiger partial charge in [0.25, 0.3) is 0 Å². The maximum Gasteiger partial charge on any atom is 0.469 e. The molecule has 1 heterocycles. The third-order valence-electron chi connectivity index (χ3n) is 5.26. The number of phosphoric ester groups is 1. The first-order valence-corrected chi connectivity index (χ1v) is 13.6. The number of carbonyl (C=O) groups excluding carboxylic acids is 2. The second-order valence-corrected chi connectivity index (χ2v) is 9.66. The van der Waals surface area contributed by atoms with E-state index in [0.29, 0.717) is 18.6 Å². The Bertz CT molecular complexity index is 631. The van der Waals surface area contributed by atoms with Crippen LogP contribution in [-0.2, 0) is 32.9 Å². The van der Waals surface area contributed by atoms with E-state index in [-0.39, 0.29) is 13.0 Å². The van der Waals surface area contributed by atoms with Gasteiger partial charge in [-0.2, -0.15) is 0 Å². The van der Waals surface area contributed by atoms with Gasteiger partial charge < -0.3 is 24.0 Å². The number of hydrogen-bond donors (Lipinski definition) is 2. The van der Waals surface area contributed by atoms with E-state index in [2.05, 4.69) is 23.6 Å². The lowest BCUT2D eigenvalue weighted by Crippen LogP contribution is -2.28. The molecule has 0 aromatic rings. The Kier molecular flexibility index (Phi) is 15.5. The molecule has 0 spiro atoms. The van der Waals surface area contributed by atoms with E-state index >= 15 is 0 Å². The summed E-state index contributed by atoms with van der Waals surface area (Å²) in [4.78, 5) is 40.3. The fourth-order valence-electron chi connectivity index (χ4n) is 3.44. The predicted octanol–water partition coefficient (Wildman–Crippen LogP) is 4.60. The van der Waals surface area contributed by atoms with Crippen LogP contribution in [0.1, 0.15) is 90.9 Å². The summed E-state index contributed by atoms with van der Waals surface area (Å²) in [5, 5.41) is 0. The van der Waals surface area contributed by atoms with Gasteiger partial charge in [-0.25, -0.2) is 4.57 Å². The molecule has 33 heavy (non-hydrogen) atoms. The number of hydrogen-bond acceptors (Lipinski definition) is 7. The first-order chi connectivity index (χ1) is 15.7. The molecule has 0 aromatic carbocycles. The Balaban J connectivity index is 2.00. The van der Waals surface area contributed by atoms with Gasteiger partial charge in [0.1, 0.15) is 6.61 Å². The summed E-state index contributed by atoms with van der Waals surface area (Å²) in [6, 6.07) is 0. The van der Waals surface area contributed by atoms with E-state index in [9.17, 15) is 14.2 Å². The number of rotatable bonds is 20. The molecule has 1 aliphatic rings. The third kappa shape index (κ3) is 17.8. The molecule has 2 N–H and O–H groups in total. The standard InChI is InChI=1S/C23H41O9P/c1-3-4-5-6-8-11-14-21-22(32-21)15-12-9-7-10-13-16-23(25)29-17-20(31-19(2)24)18-30-33(26,27)28/h8,11,20-22H,3-7,9-10,12-18H2,1-2H3,(H2,26,27,28)/b11-8-/t20-,21?,22?/m1/s1. The second-order valence-electron chi connectivity index (χ2n) is 8.42. The Morgan fingerprint density at radius 1 is 1.00 bits per heavy atom. The molecular weight excluding hydrogens is 451 g/mol. The van der Waals surface area contributed by atoms with Crippen molar-refractivity contribution in [3.63, 3.8) is 0 Å². The molecule has 0 radical (unpaired) electrons. The van der Waals surface area contributed by atoms with Crippen molar-refractivity contribution in [3.8, 4) is 0 Å². The van der Waals surface area contributed by atoms with Crippen LogP contribution in [0.4, 0.5) is 0 Å². The van der Waals surface area contributed by atoms with Gasteiger partial charge >= 0.3 is 19.8 Å². The molecule has 2 unspecified atom stereocenters. The van der Waals surface area contributed by atoms with Gasteiger partial charge in [0.2, 0.25) is 0 Å². The largest absolute Gasteiger partial charge is 0.469 e. The van der Waals surface area contributed by atoms with Crippen LogP contribution in [0.3, 0.4) is 0 Å². The number of phosphoric acid groups is 1. The van der Waals surface area contributed by atoms with Gasteiger partial charge in [-0.3, -0.25) is 14.1 Å². The SMILES string of the molecule is CCCCC/C=C\CC1OC1CCCCCCCC(=O)OC[C@H](COP(=O)(O)O)OC(C)=O. The van der Waals surface area contributed by atoms with Crippen molar-refractivity contribution < 1.29 is 42.7 Å². The number of unbranched alkanes of at least 4 members (excludes halogenated alkanes) is 7. The van der Waals surface area contributed by atoms with Crippen LogP contribution >= 0.6 is 7.82 Å². The van der Waals surface area contributed by atoms with E-state index in [4.69, 9.17) is 24.0 Å². The molecule has 192 valence electrons. The molecule has 3 atom stereocenters. The maximum absolute atomic E-state index is 11.8. The summed E-state index contributed by atoms with van der Waals surface area (Å²) >= 11 is 0. The van der Waals surface area contributed by atoms with E-state index in [1.807, 2.05) is 0 Å². The molecule has 1 rings (SSSR count). The van der Waals surface area contributed by atoms with Crippen molar-refractivity contribution in [2.45, 2.75) is 109 Å². The normalized spacial score (nSPS) is 18.9. The third-order valence-corrected chi connectivity index (χ3v) is 5.74. The van der Waals surface area contributed by atoms with Crippen LogP contribution in [0.25, 0.3) is 0 Å². The van der Waals surface area contributed by atoms with Crippen molar-refractivity contribution >= 4 is 19.8 Å². The van der Waals surface area contributed by atoms with Gasteiger partial charge in [-0.1, -0.05) is 57.6 Å². The van der Waals surface area contributed by atoms with Crippen molar-refractivity contribution in [1.82, 2.24) is 0 Å². The van der Waals surface area contributed by atoms with Crippen LogP contribution in [0.15, 0.2) is 12.2 Å². The highest BCUT2D eigenvalue weighted by Gasteiger charge is 2.36. The summed E-state index contributed by atoms with van der Waals surface area (Å²) < 4.78 is 30.7. The number of carbonyl (C=O) groups is 2. The number of allylic oxidation sites excluding steroid dienone is 1. The molecule has 9 nitrogen and oxygen atoms in total. The molecule has 1 aliphatic heterocycles. The molecule has 0 aromatic heterocycles. The Labute approximate surface area is 197 Å². The average Bonchev–Trinajstić information content (AvgIpc) is 3.49. The first-order valence-electron chi connectivity index (χ1n) is 12.0. The Hall–Kier alpha value is -1.25. The molecule has 0 aliphatic carbocycles.